The van der Waals surface area contributed by atoms with E-state index in [2.05, 4.69) is 0 Å². The minimum absolute atomic E-state index is 0.502. The van der Waals surface area contributed by atoms with Crippen LogP contribution in [0, 0.1) is 6.92 Å². The van der Waals surface area contributed by atoms with E-state index in [1.807, 2.05) is 39.0 Å². The van der Waals surface area contributed by atoms with Crippen molar-refractivity contribution in [3.63, 3.8) is 0 Å². The molecule has 0 saturated heterocycles. The molecular weight excluding hydrogens is 183 g/mol. The topological polar surface area (TPSA) is 17.1 Å². The van der Waals surface area contributed by atoms with Gasteiger partial charge < -0.3 is 0 Å². The third-order valence-electron chi connectivity index (χ3n) is 2.48. The molecule has 0 aromatic heterocycles. The summed E-state index contributed by atoms with van der Waals surface area (Å²) in [6.45, 7) is 5.89. The molecule has 0 bridgehead atoms. The number of carbonyl (C=O) groups excluding carboxylic acids is 1. The fraction of sp³-hybridized carbons (Fsp3) is 0.308. The van der Waals surface area contributed by atoms with Crippen LogP contribution in [0.4, 0.5) is 0 Å². The van der Waals surface area contributed by atoms with Gasteiger partial charge in [-0.1, -0.05) is 35.7 Å². The number of benzene rings is 1. The molecule has 15 heavy (non-hydrogen) atoms. The number of aldehydes is 1. The summed E-state index contributed by atoms with van der Waals surface area (Å²) in [5.41, 5.74) is 4.95. The molecule has 0 aliphatic rings. The standard InChI is InChI=1S/C13H15BO/c1-9(2)13(8-15)12-6-11(7-14)5-4-10(12)3/h4-6,8H,7H2,1-3H3. The quantitative estimate of drug-likeness (QED) is 0.414. The van der Waals surface area contributed by atoms with Gasteiger partial charge in [0.15, 0.2) is 6.29 Å². The Morgan fingerprint density at radius 2 is 2.07 bits per heavy atom. The van der Waals surface area contributed by atoms with E-state index < -0.39 is 0 Å². The van der Waals surface area contributed by atoms with Crippen molar-refractivity contribution in [2.45, 2.75) is 27.1 Å². The number of aryl methyl sites for hydroxylation is 1. The van der Waals surface area contributed by atoms with Gasteiger partial charge >= 0.3 is 0 Å². The maximum atomic E-state index is 11.0. The average molecular weight is 198 g/mol. The molecule has 0 aliphatic heterocycles. The second kappa shape index (κ2) is 4.97. The van der Waals surface area contributed by atoms with Crippen molar-refractivity contribution in [1.82, 2.24) is 0 Å². The van der Waals surface area contributed by atoms with E-state index in [9.17, 15) is 4.79 Å². The third-order valence-corrected chi connectivity index (χ3v) is 2.48. The van der Waals surface area contributed by atoms with E-state index in [0.717, 1.165) is 34.1 Å². The lowest BCUT2D eigenvalue weighted by Crippen LogP contribution is -1.95. The molecular formula is C13H15BO. The molecule has 1 aromatic rings. The predicted molar refractivity (Wildman–Crippen MR) is 65.0 cm³/mol. The molecule has 0 aliphatic carbocycles. The summed E-state index contributed by atoms with van der Waals surface area (Å²) in [4.78, 5) is 11.0. The van der Waals surface area contributed by atoms with Crippen molar-refractivity contribution in [1.29, 1.82) is 0 Å². The van der Waals surface area contributed by atoms with Gasteiger partial charge in [0, 0.05) is 5.57 Å². The van der Waals surface area contributed by atoms with Gasteiger partial charge in [0.2, 0.25) is 0 Å². The highest BCUT2D eigenvalue weighted by Gasteiger charge is 2.06. The monoisotopic (exact) mass is 198 g/mol. The maximum absolute atomic E-state index is 11.0. The van der Waals surface area contributed by atoms with Gasteiger partial charge in [-0.3, -0.25) is 4.79 Å². The molecule has 0 fully saturated rings. The zero-order valence-electron chi connectivity index (χ0n) is 9.50. The molecule has 2 radical (unpaired) electrons. The number of rotatable bonds is 3. The van der Waals surface area contributed by atoms with E-state index in [1.54, 1.807) is 0 Å². The molecule has 1 nitrogen and oxygen atoms in total. The molecule has 0 spiro atoms. The highest BCUT2D eigenvalue weighted by Crippen LogP contribution is 2.21. The molecule has 0 unspecified atom stereocenters. The minimum atomic E-state index is 0.502. The first-order valence-electron chi connectivity index (χ1n) is 5.02. The minimum Gasteiger partial charge on any atom is -0.298 e. The van der Waals surface area contributed by atoms with Crippen LogP contribution in [0.5, 0.6) is 0 Å². The van der Waals surface area contributed by atoms with E-state index in [-0.39, 0.29) is 0 Å². The lowest BCUT2D eigenvalue weighted by molar-refractivity contribution is -0.103. The molecule has 1 aromatic carbocycles. The van der Waals surface area contributed by atoms with Crippen LogP contribution in [0.3, 0.4) is 0 Å². The molecule has 76 valence electrons. The largest absolute Gasteiger partial charge is 0.298 e. The molecule has 0 amide bonds. The van der Waals surface area contributed by atoms with Crippen LogP contribution in [-0.4, -0.2) is 14.1 Å². The van der Waals surface area contributed by atoms with Crippen molar-refractivity contribution in [3.8, 4) is 0 Å². The normalized spacial score (nSPS) is 9.80. The van der Waals surface area contributed by atoms with Crippen LogP contribution in [0.2, 0.25) is 0 Å². The third kappa shape index (κ3) is 2.59. The second-order valence-electron chi connectivity index (χ2n) is 3.88. The van der Waals surface area contributed by atoms with Gasteiger partial charge in [-0.05, 0) is 31.9 Å². The lowest BCUT2D eigenvalue weighted by Gasteiger charge is -2.09. The average Bonchev–Trinajstić information content (AvgIpc) is 2.21. The van der Waals surface area contributed by atoms with Crippen LogP contribution < -0.4 is 0 Å². The Bertz CT molecular complexity index is 401. The number of hydrogen-bond donors (Lipinski definition) is 0. The highest BCUT2D eigenvalue weighted by atomic mass is 16.1. The summed E-state index contributed by atoms with van der Waals surface area (Å²) < 4.78 is 0. The Balaban J connectivity index is 3.35. The molecule has 0 N–H and O–H groups in total. The van der Waals surface area contributed by atoms with Crippen LogP contribution in [0.1, 0.15) is 30.5 Å². The Hall–Kier alpha value is -1.31. The first kappa shape index (κ1) is 11.8. The van der Waals surface area contributed by atoms with E-state index >= 15 is 0 Å². The summed E-state index contributed by atoms with van der Waals surface area (Å²) in [6.07, 6.45) is 1.42. The molecule has 0 atom stereocenters. The molecule has 2 heteroatoms. The number of carbonyl (C=O) groups is 1. The fourth-order valence-electron chi connectivity index (χ4n) is 1.54. The van der Waals surface area contributed by atoms with E-state index in [1.165, 1.54) is 0 Å². The van der Waals surface area contributed by atoms with Crippen molar-refractivity contribution in [2.75, 3.05) is 0 Å². The van der Waals surface area contributed by atoms with Gasteiger partial charge in [-0.25, -0.2) is 0 Å². The smallest absolute Gasteiger partial charge is 0.150 e. The maximum Gasteiger partial charge on any atom is 0.150 e. The van der Waals surface area contributed by atoms with Crippen molar-refractivity contribution in [2.24, 2.45) is 0 Å². The van der Waals surface area contributed by atoms with Crippen molar-refractivity contribution in [3.05, 3.63) is 40.5 Å². The van der Waals surface area contributed by atoms with E-state index in [4.69, 9.17) is 7.85 Å². The summed E-state index contributed by atoms with van der Waals surface area (Å²) >= 11 is 0. The van der Waals surface area contributed by atoms with Gasteiger partial charge in [0.05, 0.1) is 7.85 Å². The summed E-state index contributed by atoms with van der Waals surface area (Å²) in [5.74, 6) is 0. The molecule has 0 saturated carbocycles. The number of hydrogen-bond acceptors (Lipinski definition) is 1. The Kier molecular flexibility index (Phi) is 3.90. The highest BCUT2D eigenvalue weighted by molar-refractivity contribution is 6.10. The Morgan fingerprint density at radius 3 is 2.53 bits per heavy atom. The van der Waals surface area contributed by atoms with Crippen LogP contribution >= 0.6 is 0 Å². The molecule has 1 rings (SSSR count). The van der Waals surface area contributed by atoms with E-state index in [0.29, 0.717) is 6.32 Å². The second-order valence-corrected chi connectivity index (χ2v) is 3.88. The zero-order chi connectivity index (χ0) is 11.4. The predicted octanol–water partition coefficient (Wildman–Crippen LogP) is 2.66. The summed E-state index contributed by atoms with van der Waals surface area (Å²) in [6, 6.07) is 5.99. The Morgan fingerprint density at radius 1 is 1.40 bits per heavy atom. The van der Waals surface area contributed by atoms with Crippen molar-refractivity contribution < 1.29 is 4.79 Å². The summed E-state index contributed by atoms with van der Waals surface area (Å²) in [5, 5.41) is 0. The SMILES string of the molecule is [B]Cc1ccc(C)c(C(C=O)=C(C)C)c1. The fourth-order valence-corrected chi connectivity index (χ4v) is 1.54. The number of allylic oxidation sites excluding steroid dienone is 2. The van der Waals surface area contributed by atoms with Crippen LogP contribution in [0.15, 0.2) is 23.8 Å². The first-order chi connectivity index (χ1) is 7.10. The first-order valence-corrected chi connectivity index (χ1v) is 5.02. The van der Waals surface area contributed by atoms with Gasteiger partial charge in [0.1, 0.15) is 0 Å². The van der Waals surface area contributed by atoms with Crippen molar-refractivity contribution >= 4 is 19.7 Å². The lowest BCUT2D eigenvalue weighted by atomic mass is 9.91. The van der Waals surface area contributed by atoms with Crippen LogP contribution in [0.25, 0.3) is 5.57 Å². The van der Waals surface area contributed by atoms with Gasteiger partial charge in [-0.15, -0.1) is 0 Å². The molecule has 0 heterocycles. The Labute approximate surface area is 92.6 Å². The van der Waals surface area contributed by atoms with Crippen LogP contribution in [-0.2, 0) is 11.1 Å². The zero-order valence-corrected chi connectivity index (χ0v) is 9.50. The van der Waals surface area contributed by atoms with Gasteiger partial charge in [-0.2, -0.15) is 0 Å². The summed E-state index contributed by atoms with van der Waals surface area (Å²) in [7, 11) is 5.58. The van der Waals surface area contributed by atoms with Gasteiger partial charge in [0.25, 0.3) is 0 Å².